The lowest BCUT2D eigenvalue weighted by Gasteiger charge is -2.17. The van der Waals surface area contributed by atoms with Crippen LogP contribution in [0.4, 0.5) is 35.1 Å². The summed E-state index contributed by atoms with van der Waals surface area (Å²) < 4.78 is 146. The minimum absolute atomic E-state index is 1.72. The van der Waals surface area contributed by atoms with E-state index in [4.69, 9.17) is 0 Å². The molecule has 0 saturated carbocycles. The number of hydrogen-bond donors (Lipinski definition) is 0. The lowest BCUT2D eigenvalue weighted by Crippen LogP contribution is -2.40. The zero-order chi connectivity index (χ0) is 18.0. The largest absolute Gasteiger partial charge is 0.428 e. The van der Waals surface area contributed by atoms with Crippen LogP contribution in [0, 0.1) is 0 Å². The van der Waals surface area contributed by atoms with Crippen LogP contribution in [0.2, 0.25) is 0 Å². The summed E-state index contributed by atoms with van der Waals surface area (Å²) in [6.07, 6.45) is -9.38. The fourth-order valence-electron chi connectivity index (χ4n) is 0.663. The molecule has 0 bridgehead atoms. The molecule has 134 valence electrons. The Kier molecular flexibility index (Phi) is 6.57. The summed E-state index contributed by atoms with van der Waals surface area (Å²) in [4.78, 5) is 0. The van der Waals surface area contributed by atoms with Crippen molar-refractivity contribution >= 4 is 20.2 Å². The van der Waals surface area contributed by atoms with E-state index in [1.807, 2.05) is 0 Å². The van der Waals surface area contributed by atoms with E-state index in [-0.39, 0.29) is 0 Å². The average Bonchev–Trinajstić information content (AvgIpc) is 2.33. The minimum Gasteiger partial charge on any atom is -0.263 e. The summed E-state index contributed by atoms with van der Waals surface area (Å²) in [5, 5.41) is -11.3. The molecule has 6 nitrogen and oxygen atoms in total. The molecule has 0 aliphatic carbocycles. The Hall–Kier alpha value is -0.740. The molecule has 0 radical (unpaired) electrons. The maximum absolute atomic E-state index is 12.4. The first-order valence-corrected chi connectivity index (χ1v) is 7.51. The lowest BCUT2D eigenvalue weighted by molar-refractivity contribution is -0.0734. The molecule has 0 fully saturated rings. The molecule has 0 aliphatic heterocycles. The standard InChI is InChI=1S/C6H6F8O6S2/c7-3(8)5(11,12)21(15,16)19-1-2-20-22(17,18)6(13,14)4(9)10/h3-4H,1-2H2. The van der Waals surface area contributed by atoms with Gasteiger partial charge in [0, 0.05) is 0 Å². The Balaban J connectivity index is 4.71. The summed E-state index contributed by atoms with van der Waals surface area (Å²) in [7, 11) is -12.4. The minimum atomic E-state index is -6.22. The van der Waals surface area contributed by atoms with E-state index in [1.165, 1.54) is 0 Å². The molecule has 0 heterocycles. The van der Waals surface area contributed by atoms with Crippen LogP contribution in [0.3, 0.4) is 0 Å². The molecule has 0 rings (SSSR count). The van der Waals surface area contributed by atoms with Gasteiger partial charge in [0.25, 0.3) is 0 Å². The van der Waals surface area contributed by atoms with Gasteiger partial charge in [0.15, 0.2) is 0 Å². The van der Waals surface area contributed by atoms with Crippen molar-refractivity contribution in [2.24, 2.45) is 0 Å². The quantitative estimate of drug-likeness (QED) is 0.336. The molecule has 0 aromatic carbocycles. The first kappa shape index (κ1) is 21.3. The maximum Gasteiger partial charge on any atom is 0.428 e. The van der Waals surface area contributed by atoms with E-state index in [2.05, 4.69) is 8.37 Å². The highest BCUT2D eigenvalue weighted by atomic mass is 32.2. The summed E-state index contributed by atoms with van der Waals surface area (Å²) in [5.74, 6) is 0. The van der Waals surface area contributed by atoms with Crippen LogP contribution in [0.25, 0.3) is 0 Å². The van der Waals surface area contributed by atoms with Gasteiger partial charge < -0.3 is 0 Å². The van der Waals surface area contributed by atoms with E-state index < -0.39 is 56.8 Å². The smallest absolute Gasteiger partial charge is 0.263 e. The fourth-order valence-corrected chi connectivity index (χ4v) is 1.99. The van der Waals surface area contributed by atoms with Crippen molar-refractivity contribution < 1.29 is 60.3 Å². The van der Waals surface area contributed by atoms with Crippen molar-refractivity contribution in [3.05, 3.63) is 0 Å². The zero-order valence-electron chi connectivity index (χ0n) is 9.86. The Morgan fingerprint density at radius 1 is 0.682 bits per heavy atom. The number of hydrogen-bond acceptors (Lipinski definition) is 6. The lowest BCUT2D eigenvalue weighted by atomic mass is 10.7. The molecule has 0 amide bonds. The highest BCUT2D eigenvalue weighted by Crippen LogP contribution is 2.31. The topological polar surface area (TPSA) is 86.7 Å². The Morgan fingerprint density at radius 2 is 0.909 bits per heavy atom. The highest BCUT2D eigenvalue weighted by Gasteiger charge is 2.56. The van der Waals surface area contributed by atoms with Crippen LogP contribution in [0.1, 0.15) is 0 Å². The predicted octanol–water partition coefficient (Wildman–Crippen LogP) is 1.40. The van der Waals surface area contributed by atoms with Crippen molar-refractivity contribution in [3.63, 3.8) is 0 Å². The molecule has 22 heavy (non-hydrogen) atoms. The van der Waals surface area contributed by atoms with E-state index >= 15 is 0 Å². The Morgan fingerprint density at radius 3 is 1.09 bits per heavy atom. The third kappa shape index (κ3) is 4.39. The molecule has 0 aromatic rings. The van der Waals surface area contributed by atoms with Gasteiger partial charge in [0.1, 0.15) is 0 Å². The van der Waals surface area contributed by atoms with Crippen molar-refractivity contribution in [2.45, 2.75) is 23.4 Å². The van der Waals surface area contributed by atoms with Gasteiger partial charge in [-0.05, 0) is 0 Å². The van der Waals surface area contributed by atoms with Gasteiger partial charge in [-0.3, -0.25) is 8.37 Å². The molecule has 16 heteroatoms. The van der Waals surface area contributed by atoms with Crippen molar-refractivity contribution in [3.8, 4) is 0 Å². The van der Waals surface area contributed by atoms with Gasteiger partial charge >= 0.3 is 43.6 Å². The third-order valence-electron chi connectivity index (χ3n) is 1.74. The highest BCUT2D eigenvalue weighted by molar-refractivity contribution is 7.88. The number of halogens is 8. The van der Waals surface area contributed by atoms with Crippen LogP contribution in [-0.4, -0.2) is 53.4 Å². The van der Waals surface area contributed by atoms with E-state index in [9.17, 15) is 52.0 Å². The second-order valence-corrected chi connectivity index (χ2v) is 6.65. The molecule has 0 N–H and O–H groups in total. The third-order valence-corrected chi connectivity index (χ3v) is 4.38. The van der Waals surface area contributed by atoms with Gasteiger partial charge in [0.05, 0.1) is 13.2 Å². The van der Waals surface area contributed by atoms with Gasteiger partial charge in [-0.15, -0.1) is 0 Å². The van der Waals surface area contributed by atoms with Gasteiger partial charge in [-0.25, -0.2) is 17.6 Å². The summed E-state index contributed by atoms with van der Waals surface area (Å²) in [6.45, 7) is -3.44. The van der Waals surface area contributed by atoms with Crippen LogP contribution < -0.4 is 0 Å². The van der Waals surface area contributed by atoms with Gasteiger partial charge in [-0.2, -0.15) is 34.4 Å². The van der Waals surface area contributed by atoms with E-state index in [0.29, 0.717) is 0 Å². The molecule has 0 unspecified atom stereocenters. The average molecular weight is 390 g/mol. The molecule has 0 atom stereocenters. The van der Waals surface area contributed by atoms with Crippen molar-refractivity contribution in [2.75, 3.05) is 13.2 Å². The van der Waals surface area contributed by atoms with Gasteiger partial charge in [0.2, 0.25) is 0 Å². The predicted molar refractivity (Wildman–Crippen MR) is 51.6 cm³/mol. The van der Waals surface area contributed by atoms with E-state index in [0.717, 1.165) is 0 Å². The first-order chi connectivity index (χ1) is 9.59. The fraction of sp³-hybridized carbons (Fsp3) is 1.00. The normalized spacial score (nSPS) is 14.8. The molecule has 0 aliphatic rings. The molecule has 0 saturated heterocycles. The van der Waals surface area contributed by atoms with Crippen LogP contribution in [0.5, 0.6) is 0 Å². The second-order valence-electron chi connectivity index (χ2n) is 3.28. The van der Waals surface area contributed by atoms with Crippen molar-refractivity contribution in [1.82, 2.24) is 0 Å². The Labute approximate surface area is 118 Å². The summed E-state index contributed by atoms with van der Waals surface area (Å²) in [6, 6.07) is 0. The molecular formula is C6H6F8O6S2. The van der Waals surface area contributed by atoms with Crippen molar-refractivity contribution in [1.29, 1.82) is 0 Å². The van der Waals surface area contributed by atoms with Gasteiger partial charge in [-0.1, -0.05) is 0 Å². The maximum atomic E-state index is 12.4. The van der Waals surface area contributed by atoms with Crippen LogP contribution in [-0.2, 0) is 28.6 Å². The number of rotatable bonds is 9. The van der Waals surface area contributed by atoms with Crippen LogP contribution in [0.15, 0.2) is 0 Å². The zero-order valence-corrected chi connectivity index (χ0v) is 11.5. The van der Waals surface area contributed by atoms with Crippen LogP contribution >= 0.6 is 0 Å². The Bertz CT molecular complexity index is 518. The first-order valence-electron chi connectivity index (χ1n) is 4.69. The molecular weight excluding hydrogens is 384 g/mol. The van der Waals surface area contributed by atoms with E-state index in [1.54, 1.807) is 0 Å². The molecule has 0 spiro atoms. The summed E-state index contributed by atoms with van der Waals surface area (Å²) in [5.41, 5.74) is 0. The monoisotopic (exact) mass is 390 g/mol. The number of alkyl halides is 8. The SMILES string of the molecule is O=S(=O)(OCCOS(=O)(=O)C(F)(F)C(F)F)C(F)(F)C(F)F. The molecule has 0 aromatic heterocycles. The second kappa shape index (κ2) is 6.79. The summed E-state index contributed by atoms with van der Waals surface area (Å²) >= 11 is 0.